The number of ether oxygens (including phenoxy) is 2. The van der Waals surface area contributed by atoms with Crippen LogP contribution < -0.4 is 4.74 Å². The minimum Gasteiger partial charge on any atom is -0.497 e. The maximum absolute atomic E-state index is 14.3. The van der Waals surface area contributed by atoms with Crippen molar-refractivity contribution in [3.05, 3.63) is 66.4 Å². The maximum atomic E-state index is 14.3. The summed E-state index contributed by atoms with van der Waals surface area (Å²) in [6.45, 7) is 0. The van der Waals surface area contributed by atoms with Crippen LogP contribution in [0.4, 0.5) is 4.39 Å². The Morgan fingerprint density at radius 3 is 2.53 bits per heavy atom. The lowest BCUT2D eigenvalue weighted by molar-refractivity contribution is 0.0601. The van der Waals surface area contributed by atoms with Gasteiger partial charge < -0.3 is 9.47 Å². The zero-order valence-electron chi connectivity index (χ0n) is 16.5. The van der Waals surface area contributed by atoms with E-state index in [9.17, 15) is 9.18 Å². The Kier molecular flexibility index (Phi) is 5.41. The van der Waals surface area contributed by atoms with Crippen LogP contribution in [0.1, 0.15) is 10.4 Å². The molecule has 0 amide bonds. The molecule has 2 aromatic carbocycles. The molecule has 4 rings (SSSR count). The molecule has 0 N–H and O–H groups in total. The summed E-state index contributed by atoms with van der Waals surface area (Å²) in [4.78, 5) is 21.8. The van der Waals surface area contributed by atoms with E-state index in [4.69, 9.17) is 9.47 Å². The van der Waals surface area contributed by atoms with Crippen LogP contribution in [0.5, 0.6) is 5.75 Å². The average Bonchev–Trinajstić information content (AvgIpc) is 3.17. The number of thioether (sulfide) groups is 1. The van der Waals surface area contributed by atoms with Crippen LogP contribution in [0, 0.1) is 5.82 Å². The second kappa shape index (κ2) is 8.16. The highest BCUT2D eigenvalue weighted by molar-refractivity contribution is 7.98. The fourth-order valence-corrected chi connectivity index (χ4v) is 3.81. The predicted molar refractivity (Wildman–Crippen MR) is 114 cm³/mol. The molecule has 6 nitrogen and oxygen atoms in total. The van der Waals surface area contributed by atoms with Crippen molar-refractivity contribution >= 4 is 28.6 Å². The van der Waals surface area contributed by atoms with E-state index < -0.39 is 5.97 Å². The Hall–Kier alpha value is -3.39. The summed E-state index contributed by atoms with van der Waals surface area (Å²) < 4.78 is 26.1. The molecule has 0 aliphatic heterocycles. The van der Waals surface area contributed by atoms with E-state index in [-0.39, 0.29) is 5.82 Å². The van der Waals surface area contributed by atoms with Gasteiger partial charge in [-0.3, -0.25) is 4.57 Å². The van der Waals surface area contributed by atoms with E-state index in [1.807, 2.05) is 18.5 Å². The third-order valence-corrected chi connectivity index (χ3v) is 5.51. The number of hydrogen-bond donors (Lipinski definition) is 0. The van der Waals surface area contributed by atoms with Gasteiger partial charge in [0, 0.05) is 40.0 Å². The highest BCUT2D eigenvalue weighted by Gasteiger charge is 2.15. The third-order valence-electron chi connectivity index (χ3n) is 4.75. The van der Waals surface area contributed by atoms with Crippen molar-refractivity contribution in [1.82, 2.24) is 14.5 Å². The number of methoxy groups -OCH3 is 2. The highest BCUT2D eigenvalue weighted by Crippen LogP contribution is 2.31. The van der Waals surface area contributed by atoms with Crippen molar-refractivity contribution in [2.75, 3.05) is 20.5 Å². The topological polar surface area (TPSA) is 66.2 Å². The Morgan fingerprint density at radius 1 is 1.10 bits per heavy atom. The van der Waals surface area contributed by atoms with Gasteiger partial charge in [-0.15, -0.1) is 11.8 Å². The summed E-state index contributed by atoms with van der Waals surface area (Å²) in [6, 6.07) is 9.87. The molecule has 0 radical (unpaired) electrons. The van der Waals surface area contributed by atoms with Crippen LogP contribution >= 0.6 is 11.8 Å². The summed E-state index contributed by atoms with van der Waals surface area (Å²) in [5.41, 5.74) is 2.11. The number of rotatable bonds is 5. The largest absolute Gasteiger partial charge is 0.497 e. The zero-order chi connectivity index (χ0) is 21.3. The number of hydrogen-bond acceptors (Lipinski definition) is 6. The summed E-state index contributed by atoms with van der Waals surface area (Å²) in [5.74, 6) is 0.160. The minimum atomic E-state index is -0.417. The Balaban J connectivity index is 1.80. The Labute approximate surface area is 176 Å². The van der Waals surface area contributed by atoms with E-state index in [2.05, 4.69) is 9.97 Å². The Bertz CT molecular complexity index is 1240. The molecule has 0 atom stereocenters. The van der Waals surface area contributed by atoms with E-state index in [1.54, 1.807) is 53.0 Å². The fourth-order valence-electron chi connectivity index (χ4n) is 3.21. The molecule has 152 valence electrons. The van der Waals surface area contributed by atoms with Gasteiger partial charge in [0.15, 0.2) is 0 Å². The first kappa shape index (κ1) is 19.9. The number of benzene rings is 2. The second-order valence-corrected chi connectivity index (χ2v) is 7.26. The summed E-state index contributed by atoms with van der Waals surface area (Å²) in [5, 5.41) is 0.974. The number of carbonyl (C=O) groups excluding carboxylic acids is 1. The van der Waals surface area contributed by atoms with Crippen molar-refractivity contribution in [1.29, 1.82) is 0 Å². The molecule has 2 heterocycles. The first-order chi connectivity index (χ1) is 14.5. The quantitative estimate of drug-likeness (QED) is 0.341. The van der Waals surface area contributed by atoms with Crippen molar-refractivity contribution in [3.63, 3.8) is 0 Å². The smallest absolute Gasteiger partial charge is 0.337 e. The molecule has 0 unspecified atom stereocenters. The number of esters is 1. The predicted octanol–water partition coefficient (Wildman–Crippen LogP) is 4.74. The molecule has 0 aliphatic rings. The number of carbonyl (C=O) groups is 1. The highest BCUT2D eigenvalue weighted by atomic mass is 32.2. The molecule has 0 saturated carbocycles. The van der Waals surface area contributed by atoms with Gasteiger partial charge in [0.1, 0.15) is 11.6 Å². The zero-order valence-corrected chi connectivity index (χ0v) is 17.4. The lowest BCUT2D eigenvalue weighted by atomic mass is 10.1. The lowest BCUT2D eigenvalue weighted by Gasteiger charge is -2.08. The number of halogens is 1. The number of nitrogens with zero attached hydrogens (tertiary/aromatic N) is 3. The van der Waals surface area contributed by atoms with Gasteiger partial charge in [0.25, 0.3) is 0 Å². The van der Waals surface area contributed by atoms with Crippen LogP contribution in [0.3, 0.4) is 0 Å². The molecule has 2 aromatic heterocycles. The number of aromatic nitrogens is 3. The molecule has 30 heavy (non-hydrogen) atoms. The van der Waals surface area contributed by atoms with Crippen LogP contribution in [0.2, 0.25) is 0 Å². The van der Waals surface area contributed by atoms with E-state index in [0.29, 0.717) is 28.4 Å². The normalized spacial score (nSPS) is 10.9. The summed E-state index contributed by atoms with van der Waals surface area (Å²) in [7, 11) is 2.87. The molecule has 0 spiro atoms. The molecular weight excluding hydrogens is 405 g/mol. The van der Waals surface area contributed by atoms with Crippen molar-refractivity contribution in [3.8, 4) is 22.8 Å². The minimum absolute atomic E-state index is 0.357. The van der Waals surface area contributed by atoms with Gasteiger partial charge in [0.05, 0.1) is 25.3 Å². The van der Waals surface area contributed by atoms with Gasteiger partial charge in [-0.2, -0.15) is 0 Å². The van der Waals surface area contributed by atoms with E-state index in [1.165, 1.54) is 20.3 Å². The van der Waals surface area contributed by atoms with Gasteiger partial charge >= 0.3 is 5.97 Å². The van der Waals surface area contributed by atoms with Crippen molar-refractivity contribution in [2.45, 2.75) is 4.90 Å². The molecule has 0 aliphatic carbocycles. The van der Waals surface area contributed by atoms with Gasteiger partial charge in [0.2, 0.25) is 5.95 Å². The molecule has 0 fully saturated rings. The Morgan fingerprint density at radius 2 is 1.87 bits per heavy atom. The average molecular weight is 423 g/mol. The molecule has 4 aromatic rings. The van der Waals surface area contributed by atoms with Crippen molar-refractivity contribution < 1.29 is 18.7 Å². The summed E-state index contributed by atoms with van der Waals surface area (Å²) >= 11 is 1.58. The third kappa shape index (κ3) is 3.50. The van der Waals surface area contributed by atoms with E-state index >= 15 is 0 Å². The molecule has 8 heteroatoms. The molecule has 0 bridgehead atoms. The molecule has 0 saturated heterocycles. The first-order valence-corrected chi connectivity index (χ1v) is 10.2. The standard InChI is InChI=1S/C22H18FN3O3S/c1-28-15-5-7-18(23)17(9-15)14-10-24-22(25-11-14)26-12-20(30-3)16-6-4-13(8-19(16)26)21(27)29-2/h4-12H,1-3H3. The SMILES string of the molecule is COC(=O)c1ccc2c(SC)cn(-c3ncc(-c4cc(OC)ccc4F)cn3)c2c1. The first-order valence-electron chi connectivity index (χ1n) is 8.99. The maximum Gasteiger partial charge on any atom is 0.337 e. The van der Waals surface area contributed by atoms with Crippen LogP contribution in [-0.2, 0) is 4.74 Å². The fraction of sp³-hybridized carbons (Fsp3) is 0.136. The van der Waals surface area contributed by atoms with Crippen LogP contribution in [-0.4, -0.2) is 41.0 Å². The van der Waals surface area contributed by atoms with Crippen LogP contribution in [0.15, 0.2) is 59.9 Å². The van der Waals surface area contributed by atoms with Crippen molar-refractivity contribution in [2.24, 2.45) is 0 Å². The summed E-state index contributed by atoms with van der Waals surface area (Å²) in [6.07, 6.45) is 7.02. The van der Waals surface area contributed by atoms with Gasteiger partial charge in [-0.1, -0.05) is 6.07 Å². The molecular formula is C22H18FN3O3S. The van der Waals surface area contributed by atoms with E-state index in [0.717, 1.165) is 15.8 Å². The second-order valence-electron chi connectivity index (χ2n) is 6.41. The monoisotopic (exact) mass is 423 g/mol. The van der Waals surface area contributed by atoms with Gasteiger partial charge in [-0.25, -0.2) is 19.2 Å². The lowest BCUT2D eigenvalue weighted by Crippen LogP contribution is -2.03. The van der Waals surface area contributed by atoms with Crippen LogP contribution in [0.25, 0.3) is 28.0 Å². The number of fused-ring (bicyclic) bond motifs is 1. The van der Waals surface area contributed by atoms with Gasteiger partial charge in [-0.05, 0) is 36.6 Å².